The molecular formula is C16H18N2O4S. The maximum absolute atomic E-state index is 12.6. The van der Waals surface area contributed by atoms with Gasteiger partial charge in [0.25, 0.3) is 0 Å². The molecule has 0 saturated heterocycles. The number of nitrogens with one attached hydrogen (secondary N) is 2. The van der Waals surface area contributed by atoms with Gasteiger partial charge in [-0.2, -0.15) is 0 Å². The van der Waals surface area contributed by atoms with E-state index in [4.69, 9.17) is 5.11 Å². The number of sulfonamides is 1. The van der Waals surface area contributed by atoms with Crippen LogP contribution in [0.25, 0.3) is 0 Å². The lowest BCUT2D eigenvalue weighted by molar-refractivity contribution is 0.0696. The highest BCUT2D eigenvalue weighted by Gasteiger charge is 2.23. The zero-order valence-corrected chi connectivity index (χ0v) is 13.6. The monoisotopic (exact) mass is 334 g/mol. The maximum atomic E-state index is 12.6. The van der Waals surface area contributed by atoms with Gasteiger partial charge in [0.05, 0.1) is 11.3 Å². The summed E-state index contributed by atoms with van der Waals surface area (Å²) in [7, 11) is -2.30. The molecule has 1 unspecified atom stereocenters. The molecule has 23 heavy (non-hydrogen) atoms. The third-order valence-electron chi connectivity index (χ3n) is 3.42. The van der Waals surface area contributed by atoms with Crippen molar-refractivity contribution in [3.63, 3.8) is 0 Å². The topological polar surface area (TPSA) is 95.5 Å². The predicted octanol–water partition coefficient (Wildman–Crippen LogP) is 2.47. The van der Waals surface area contributed by atoms with E-state index in [0.29, 0.717) is 5.69 Å². The summed E-state index contributed by atoms with van der Waals surface area (Å²) < 4.78 is 27.8. The van der Waals surface area contributed by atoms with Crippen molar-refractivity contribution in [1.29, 1.82) is 0 Å². The summed E-state index contributed by atoms with van der Waals surface area (Å²) in [6.45, 7) is 1.73. The first kappa shape index (κ1) is 17.0. The second-order valence-electron chi connectivity index (χ2n) is 5.02. The first-order valence-corrected chi connectivity index (χ1v) is 8.46. The molecule has 0 aliphatic heterocycles. The minimum absolute atomic E-state index is 0.0864. The maximum Gasteiger partial charge on any atom is 0.335 e. The Morgan fingerprint density at radius 1 is 1.13 bits per heavy atom. The fraction of sp³-hybridized carbons (Fsp3) is 0.188. The molecule has 2 rings (SSSR count). The Kier molecular flexibility index (Phi) is 5.02. The Hall–Kier alpha value is -2.38. The van der Waals surface area contributed by atoms with Crippen molar-refractivity contribution in [1.82, 2.24) is 4.72 Å². The molecule has 0 amide bonds. The van der Waals surface area contributed by atoms with E-state index in [0.717, 1.165) is 11.6 Å². The number of aromatic carboxylic acids is 1. The third kappa shape index (κ3) is 3.88. The fourth-order valence-corrected chi connectivity index (χ4v) is 3.66. The lowest BCUT2D eigenvalue weighted by atomic mass is 10.1. The Balaban J connectivity index is 2.39. The first-order valence-electron chi connectivity index (χ1n) is 6.97. The zero-order chi connectivity index (χ0) is 17.0. The molecule has 0 aromatic heterocycles. The van der Waals surface area contributed by atoms with Gasteiger partial charge in [0.2, 0.25) is 10.0 Å². The van der Waals surface area contributed by atoms with Crippen molar-refractivity contribution in [3.8, 4) is 0 Å². The smallest absolute Gasteiger partial charge is 0.335 e. The lowest BCUT2D eigenvalue weighted by Gasteiger charge is -2.17. The van der Waals surface area contributed by atoms with Crippen molar-refractivity contribution in [2.45, 2.75) is 17.9 Å². The molecule has 2 aromatic carbocycles. The van der Waals surface area contributed by atoms with E-state index < -0.39 is 22.0 Å². The molecule has 0 bridgehead atoms. The minimum atomic E-state index is -3.88. The summed E-state index contributed by atoms with van der Waals surface area (Å²) in [6, 6.07) is 12.6. The van der Waals surface area contributed by atoms with Crippen molar-refractivity contribution < 1.29 is 18.3 Å². The summed E-state index contributed by atoms with van der Waals surface area (Å²) in [5.41, 5.74) is 1.07. The van der Waals surface area contributed by atoms with E-state index >= 15 is 0 Å². The quantitative estimate of drug-likeness (QED) is 0.754. The van der Waals surface area contributed by atoms with Crippen LogP contribution in [0, 0.1) is 0 Å². The average molecular weight is 334 g/mol. The molecule has 6 nitrogen and oxygen atoms in total. The molecule has 2 aromatic rings. The average Bonchev–Trinajstić information content (AvgIpc) is 2.54. The number of hydrogen-bond donors (Lipinski definition) is 3. The van der Waals surface area contributed by atoms with Gasteiger partial charge in [0.1, 0.15) is 4.90 Å². The van der Waals surface area contributed by atoms with E-state index in [2.05, 4.69) is 10.0 Å². The predicted molar refractivity (Wildman–Crippen MR) is 88.1 cm³/mol. The molecule has 0 radical (unpaired) electrons. The van der Waals surface area contributed by atoms with Gasteiger partial charge < -0.3 is 10.4 Å². The van der Waals surface area contributed by atoms with Crippen LogP contribution in [-0.4, -0.2) is 26.5 Å². The first-order chi connectivity index (χ1) is 10.8. The van der Waals surface area contributed by atoms with Gasteiger partial charge in [-0.05, 0) is 30.7 Å². The van der Waals surface area contributed by atoms with Gasteiger partial charge in [-0.3, -0.25) is 0 Å². The van der Waals surface area contributed by atoms with Crippen LogP contribution in [-0.2, 0) is 10.0 Å². The standard InChI is InChI=1S/C16H18N2O4S/c1-11(12-6-4-3-5-7-12)18-23(21,22)15-10-13(16(19)20)8-9-14(15)17-2/h3-11,17-18H,1-2H3,(H,19,20). The van der Waals surface area contributed by atoms with E-state index in [1.165, 1.54) is 12.1 Å². The summed E-state index contributed by atoms with van der Waals surface area (Å²) in [4.78, 5) is 11.0. The second kappa shape index (κ2) is 6.80. The molecule has 0 aliphatic rings. The molecule has 1 atom stereocenters. The summed E-state index contributed by atoms with van der Waals surface area (Å²) in [6.07, 6.45) is 0. The molecule has 0 aliphatic carbocycles. The van der Waals surface area contributed by atoms with E-state index in [9.17, 15) is 13.2 Å². The third-order valence-corrected chi connectivity index (χ3v) is 5.00. The van der Waals surface area contributed by atoms with Gasteiger partial charge in [0, 0.05) is 13.1 Å². The molecule has 0 fully saturated rings. The summed E-state index contributed by atoms with van der Waals surface area (Å²) >= 11 is 0. The van der Waals surface area contributed by atoms with Gasteiger partial charge in [0.15, 0.2) is 0 Å². The molecule has 3 N–H and O–H groups in total. The van der Waals surface area contributed by atoms with Crippen molar-refractivity contribution in [3.05, 3.63) is 59.7 Å². The number of benzene rings is 2. The Morgan fingerprint density at radius 3 is 2.35 bits per heavy atom. The van der Waals surface area contributed by atoms with Crippen LogP contribution in [0.1, 0.15) is 28.9 Å². The van der Waals surface area contributed by atoms with Crippen molar-refractivity contribution >= 4 is 21.7 Å². The highest BCUT2D eigenvalue weighted by molar-refractivity contribution is 7.89. The Morgan fingerprint density at radius 2 is 1.78 bits per heavy atom. The normalized spacial score (nSPS) is 12.6. The minimum Gasteiger partial charge on any atom is -0.478 e. The van der Waals surface area contributed by atoms with Crippen LogP contribution in [0.15, 0.2) is 53.4 Å². The van der Waals surface area contributed by atoms with Gasteiger partial charge in [-0.1, -0.05) is 30.3 Å². The van der Waals surface area contributed by atoms with E-state index in [-0.39, 0.29) is 10.5 Å². The second-order valence-corrected chi connectivity index (χ2v) is 6.70. The largest absolute Gasteiger partial charge is 0.478 e. The van der Waals surface area contributed by atoms with Gasteiger partial charge >= 0.3 is 5.97 Å². The van der Waals surface area contributed by atoms with E-state index in [1.54, 1.807) is 14.0 Å². The van der Waals surface area contributed by atoms with Crippen LogP contribution in [0.4, 0.5) is 5.69 Å². The summed E-state index contributed by atoms with van der Waals surface area (Å²) in [5, 5.41) is 11.8. The zero-order valence-electron chi connectivity index (χ0n) is 12.8. The van der Waals surface area contributed by atoms with E-state index in [1.807, 2.05) is 30.3 Å². The van der Waals surface area contributed by atoms with Crippen LogP contribution in [0.5, 0.6) is 0 Å². The van der Waals surface area contributed by atoms with Crippen molar-refractivity contribution in [2.24, 2.45) is 0 Å². The molecule has 122 valence electrons. The Bertz CT molecular complexity index is 804. The molecule has 0 spiro atoms. The number of carboxylic acid groups (broad SMARTS) is 1. The van der Waals surface area contributed by atoms with Crippen LogP contribution in [0.3, 0.4) is 0 Å². The molecular weight excluding hydrogens is 316 g/mol. The lowest BCUT2D eigenvalue weighted by Crippen LogP contribution is -2.27. The fourth-order valence-electron chi connectivity index (χ4n) is 2.19. The van der Waals surface area contributed by atoms with Crippen LogP contribution in [0.2, 0.25) is 0 Å². The number of rotatable bonds is 6. The molecule has 0 saturated carbocycles. The Labute approximate surface area is 135 Å². The van der Waals surface area contributed by atoms with Gasteiger partial charge in [-0.25, -0.2) is 17.9 Å². The SMILES string of the molecule is CNc1ccc(C(=O)O)cc1S(=O)(=O)NC(C)c1ccccc1. The number of carbonyl (C=O) groups is 1. The molecule has 0 heterocycles. The van der Waals surface area contributed by atoms with Gasteiger partial charge in [-0.15, -0.1) is 0 Å². The highest BCUT2D eigenvalue weighted by atomic mass is 32.2. The van der Waals surface area contributed by atoms with Crippen molar-refractivity contribution in [2.75, 3.05) is 12.4 Å². The molecule has 7 heteroatoms. The van der Waals surface area contributed by atoms with Crippen LogP contribution >= 0.6 is 0 Å². The summed E-state index contributed by atoms with van der Waals surface area (Å²) in [5.74, 6) is -1.18. The van der Waals surface area contributed by atoms with Crippen LogP contribution < -0.4 is 10.0 Å². The number of anilines is 1. The highest BCUT2D eigenvalue weighted by Crippen LogP contribution is 2.24. The number of hydrogen-bond acceptors (Lipinski definition) is 4. The number of carboxylic acids is 1.